The monoisotopic (exact) mass is 511 g/mol. The van der Waals surface area contributed by atoms with E-state index in [4.69, 9.17) is 4.74 Å². The van der Waals surface area contributed by atoms with E-state index in [0.717, 1.165) is 24.2 Å². The van der Waals surface area contributed by atoms with Crippen LogP contribution in [-0.2, 0) is 31.1 Å². The topological polar surface area (TPSA) is 72.3 Å². The molecule has 3 heterocycles. The first-order valence-electron chi connectivity index (χ1n) is 12.4. The van der Waals surface area contributed by atoms with E-state index in [0.29, 0.717) is 31.0 Å². The molecule has 7 nitrogen and oxygen atoms in total. The summed E-state index contributed by atoms with van der Waals surface area (Å²) in [5.74, 6) is 0.458. The van der Waals surface area contributed by atoms with Gasteiger partial charge in [0.1, 0.15) is 12.2 Å². The number of ether oxygens (including phenoxy) is 1. The number of hydrogen-bond acceptors (Lipinski definition) is 5. The van der Waals surface area contributed by atoms with Crippen LogP contribution in [0.3, 0.4) is 0 Å². The van der Waals surface area contributed by atoms with Crippen LogP contribution in [0.2, 0.25) is 0 Å². The van der Waals surface area contributed by atoms with Gasteiger partial charge in [0, 0.05) is 36.3 Å². The maximum atomic E-state index is 14.1. The fourth-order valence-electron chi connectivity index (χ4n) is 5.25. The van der Waals surface area contributed by atoms with Crippen LogP contribution in [0, 0.1) is 5.92 Å². The lowest BCUT2D eigenvalue weighted by Crippen LogP contribution is -2.35. The van der Waals surface area contributed by atoms with Gasteiger partial charge in [0.25, 0.3) is 5.91 Å². The molecule has 2 aromatic carbocycles. The second kappa shape index (κ2) is 8.66. The van der Waals surface area contributed by atoms with Crippen molar-refractivity contribution in [2.24, 2.45) is 13.0 Å². The molecule has 1 saturated carbocycles. The third-order valence-corrected chi connectivity index (χ3v) is 7.83. The number of alkyl halides is 3. The first-order chi connectivity index (χ1) is 17.6. The molecule has 3 aromatic rings. The van der Waals surface area contributed by atoms with Crippen LogP contribution in [0.4, 0.5) is 18.9 Å². The molecular formula is C27H28F3N5O2. The quantitative estimate of drug-likeness (QED) is 0.509. The number of benzene rings is 2. The Morgan fingerprint density at radius 2 is 2.00 bits per heavy atom. The zero-order valence-electron chi connectivity index (χ0n) is 20.7. The van der Waals surface area contributed by atoms with Crippen molar-refractivity contribution in [3.63, 3.8) is 0 Å². The Morgan fingerprint density at radius 1 is 1.22 bits per heavy atom. The largest absolute Gasteiger partial charge is 0.416 e. The van der Waals surface area contributed by atoms with Gasteiger partial charge in [0.2, 0.25) is 0 Å². The average molecular weight is 512 g/mol. The van der Waals surface area contributed by atoms with Gasteiger partial charge in [-0.1, -0.05) is 12.1 Å². The van der Waals surface area contributed by atoms with E-state index in [-0.39, 0.29) is 35.0 Å². The molecule has 0 spiro atoms. The van der Waals surface area contributed by atoms with Crippen molar-refractivity contribution >= 4 is 11.6 Å². The summed E-state index contributed by atoms with van der Waals surface area (Å²) in [5.41, 5.74) is 1.33. The standard InChI is InChI=1S/C27H28F3N5O2/c1-26(6-7-26)31-11-16-8-20-21(22(9-16)27(28,29)30)12-35(25(20)36)19-5-3-4-17(10-19)23(18-13-37-14-18)24-33-32-15-34(24)2/h3-5,8-10,15,18,23,31H,6-7,11-14H2,1-2H3. The molecule has 2 aliphatic heterocycles. The molecule has 3 aliphatic rings. The lowest BCUT2D eigenvalue weighted by molar-refractivity contribution is -0.138. The number of nitrogens with zero attached hydrogens (tertiary/aromatic N) is 4. The normalized spacial score (nSPS) is 19.6. The summed E-state index contributed by atoms with van der Waals surface area (Å²) in [6.45, 7) is 3.38. The number of fused-ring (bicyclic) bond motifs is 1. The summed E-state index contributed by atoms with van der Waals surface area (Å²) in [6.07, 6.45) is -0.922. The Bertz CT molecular complexity index is 1360. The number of amides is 1. The molecule has 1 aliphatic carbocycles. The molecule has 1 N–H and O–H groups in total. The van der Waals surface area contributed by atoms with Gasteiger partial charge in [0.05, 0.1) is 31.2 Å². The summed E-state index contributed by atoms with van der Waals surface area (Å²) in [5, 5.41) is 11.6. The van der Waals surface area contributed by atoms with Crippen molar-refractivity contribution in [3.8, 4) is 0 Å². The first-order valence-corrected chi connectivity index (χ1v) is 12.4. The first kappa shape index (κ1) is 24.1. The van der Waals surface area contributed by atoms with Gasteiger partial charge < -0.3 is 19.5 Å². The number of halogens is 3. The van der Waals surface area contributed by atoms with E-state index < -0.39 is 17.6 Å². The van der Waals surface area contributed by atoms with Gasteiger partial charge in [-0.25, -0.2) is 0 Å². The minimum atomic E-state index is -4.55. The zero-order chi connectivity index (χ0) is 25.9. The minimum Gasteiger partial charge on any atom is -0.381 e. The molecule has 10 heteroatoms. The van der Waals surface area contributed by atoms with Crippen LogP contribution in [0.25, 0.3) is 0 Å². The molecule has 1 aromatic heterocycles. The highest BCUT2D eigenvalue weighted by molar-refractivity contribution is 6.10. The van der Waals surface area contributed by atoms with Crippen LogP contribution < -0.4 is 10.2 Å². The molecule has 6 rings (SSSR count). The zero-order valence-corrected chi connectivity index (χ0v) is 20.7. The minimum absolute atomic E-state index is 0.0291. The molecule has 1 saturated heterocycles. The van der Waals surface area contributed by atoms with Crippen molar-refractivity contribution in [2.45, 2.75) is 50.5 Å². The Balaban J connectivity index is 1.34. The molecule has 0 bridgehead atoms. The third kappa shape index (κ3) is 4.42. The van der Waals surface area contributed by atoms with Crippen LogP contribution in [-0.4, -0.2) is 39.4 Å². The van der Waals surface area contributed by atoms with Gasteiger partial charge in [-0.3, -0.25) is 4.79 Å². The summed E-state index contributed by atoms with van der Waals surface area (Å²) in [6, 6.07) is 10.2. The van der Waals surface area contributed by atoms with Crippen LogP contribution in [0.1, 0.15) is 64.1 Å². The fourth-order valence-corrected chi connectivity index (χ4v) is 5.25. The van der Waals surface area contributed by atoms with Crippen molar-refractivity contribution in [1.29, 1.82) is 0 Å². The van der Waals surface area contributed by atoms with E-state index in [9.17, 15) is 18.0 Å². The maximum absolute atomic E-state index is 14.1. The summed E-state index contributed by atoms with van der Waals surface area (Å²) in [7, 11) is 1.88. The molecule has 0 radical (unpaired) electrons. The van der Waals surface area contributed by atoms with Crippen molar-refractivity contribution < 1.29 is 22.7 Å². The number of anilines is 1. The highest BCUT2D eigenvalue weighted by Gasteiger charge is 2.42. The van der Waals surface area contributed by atoms with Gasteiger partial charge in [-0.2, -0.15) is 13.2 Å². The average Bonchev–Trinajstić information content (AvgIpc) is 3.27. The Morgan fingerprint density at radius 3 is 2.62 bits per heavy atom. The molecule has 37 heavy (non-hydrogen) atoms. The maximum Gasteiger partial charge on any atom is 0.416 e. The lowest BCUT2D eigenvalue weighted by Gasteiger charge is -2.33. The number of rotatable bonds is 7. The second-order valence-electron chi connectivity index (χ2n) is 10.6. The number of nitrogens with one attached hydrogen (secondary N) is 1. The summed E-state index contributed by atoms with van der Waals surface area (Å²) < 4.78 is 49.6. The van der Waals surface area contributed by atoms with E-state index in [1.54, 1.807) is 18.5 Å². The predicted molar refractivity (Wildman–Crippen MR) is 130 cm³/mol. The molecule has 1 atom stereocenters. The number of hydrogen-bond donors (Lipinski definition) is 1. The van der Waals surface area contributed by atoms with Crippen LogP contribution in [0.5, 0.6) is 0 Å². The van der Waals surface area contributed by atoms with Crippen LogP contribution >= 0.6 is 0 Å². The second-order valence-corrected chi connectivity index (χ2v) is 10.6. The van der Waals surface area contributed by atoms with Gasteiger partial charge in [-0.15, -0.1) is 10.2 Å². The van der Waals surface area contributed by atoms with E-state index in [2.05, 4.69) is 22.4 Å². The van der Waals surface area contributed by atoms with Gasteiger partial charge >= 0.3 is 6.18 Å². The SMILES string of the molecule is Cn1cnnc1C(c1cccc(N2Cc3c(cc(CNC4(C)CC4)cc3C(F)(F)F)C2=O)c1)C1COC1. The van der Waals surface area contributed by atoms with Gasteiger partial charge in [-0.05, 0) is 60.7 Å². The number of carbonyl (C=O) groups is 1. The highest BCUT2D eigenvalue weighted by atomic mass is 19.4. The molecule has 1 amide bonds. The molecular weight excluding hydrogens is 483 g/mol. The number of carbonyl (C=O) groups excluding carboxylic acids is 1. The van der Waals surface area contributed by atoms with E-state index in [1.807, 2.05) is 29.8 Å². The number of aryl methyl sites for hydroxylation is 1. The third-order valence-electron chi connectivity index (χ3n) is 7.83. The van der Waals surface area contributed by atoms with E-state index in [1.165, 1.54) is 11.0 Å². The Hall–Kier alpha value is -3.24. The van der Waals surface area contributed by atoms with Crippen molar-refractivity contribution in [2.75, 3.05) is 18.1 Å². The Kier molecular flexibility index (Phi) is 5.65. The smallest absolute Gasteiger partial charge is 0.381 e. The lowest BCUT2D eigenvalue weighted by atomic mass is 9.83. The molecule has 2 fully saturated rings. The van der Waals surface area contributed by atoms with E-state index >= 15 is 0 Å². The number of aromatic nitrogens is 3. The van der Waals surface area contributed by atoms with Crippen molar-refractivity contribution in [1.82, 2.24) is 20.1 Å². The molecule has 194 valence electrons. The molecule has 1 unspecified atom stereocenters. The van der Waals surface area contributed by atoms with Crippen LogP contribution in [0.15, 0.2) is 42.7 Å². The Labute approximate surface area is 212 Å². The summed E-state index contributed by atoms with van der Waals surface area (Å²) >= 11 is 0. The van der Waals surface area contributed by atoms with Crippen molar-refractivity contribution in [3.05, 3.63) is 76.4 Å². The summed E-state index contributed by atoms with van der Waals surface area (Å²) in [4.78, 5) is 14.9. The fraction of sp³-hybridized carbons (Fsp3) is 0.444. The predicted octanol–water partition coefficient (Wildman–Crippen LogP) is 4.41. The van der Waals surface area contributed by atoms with Gasteiger partial charge in [0.15, 0.2) is 0 Å². The highest BCUT2D eigenvalue weighted by Crippen LogP contribution is 2.42.